The summed E-state index contributed by atoms with van der Waals surface area (Å²) in [4.78, 5) is 6.78. The van der Waals surface area contributed by atoms with E-state index in [1.54, 1.807) is 23.5 Å². The Bertz CT molecular complexity index is 573. The van der Waals surface area contributed by atoms with Gasteiger partial charge in [0, 0.05) is 38.9 Å². The summed E-state index contributed by atoms with van der Waals surface area (Å²) in [7, 11) is -1.65. The molecule has 0 aliphatic carbocycles. The van der Waals surface area contributed by atoms with E-state index in [1.165, 1.54) is 12.6 Å². The van der Waals surface area contributed by atoms with Crippen LogP contribution in [-0.2, 0) is 10.0 Å². The van der Waals surface area contributed by atoms with Crippen LogP contribution in [-0.4, -0.2) is 61.9 Å². The van der Waals surface area contributed by atoms with Crippen molar-refractivity contribution >= 4 is 15.8 Å². The van der Waals surface area contributed by atoms with Crippen LogP contribution in [0, 0.1) is 0 Å². The summed E-state index contributed by atoms with van der Waals surface area (Å²) < 4.78 is 26.9. The Hall–Kier alpha value is -1.18. The molecule has 6 nitrogen and oxygen atoms in total. The molecular formula is C13H20N4O2S. The molecule has 110 valence electrons. The molecule has 0 bridgehead atoms. The van der Waals surface area contributed by atoms with Crippen LogP contribution in [0.3, 0.4) is 0 Å². The minimum Gasteiger partial charge on any atom is -0.373 e. The smallest absolute Gasteiger partial charge is 0.244 e. The summed E-state index contributed by atoms with van der Waals surface area (Å²) in [6, 6.07) is 3.71. The minimum atomic E-state index is -3.41. The highest BCUT2D eigenvalue weighted by molar-refractivity contribution is 7.89. The van der Waals surface area contributed by atoms with Gasteiger partial charge in [-0.3, -0.25) is 4.90 Å². The van der Waals surface area contributed by atoms with Gasteiger partial charge in [0.15, 0.2) is 0 Å². The Kier molecular flexibility index (Phi) is 3.66. The number of hydrogen-bond donors (Lipinski definition) is 1. The van der Waals surface area contributed by atoms with Gasteiger partial charge in [-0.2, -0.15) is 4.31 Å². The summed E-state index contributed by atoms with van der Waals surface area (Å²) in [5.41, 5.74) is 0. The number of anilines is 1. The second-order valence-electron chi connectivity index (χ2n) is 5.32. The van der Waals surface area contributed by atoms with Crippen LogP contribution in [0.2, 0.25) is 0 Å². The predicted molar refractivity (Wildman–Crippen MR) is 77.1 cm³/mol. The van der Waals surface area contributed by atoms with E-state index in [2.05, 4.69) is 15.2 Å². The molecule has 2 aliphatic rings. The van der Waals surface area contributed by atoms with Crippen LogP contribution in [0.15, 0.2) is 23.2 Å². The third-order valence-electron chi connectivity index (χ3n) is 4.18. The molecular weight excluding hydrogens is 276 g/mol. The highest BCUT2D eigenvalue weighted by atomic mass is 32.2. The van der Waals surface area contributed by atoms with E-state index in [1.807, 2.05) is 0 Å². The van der Waals surface area contributed by atoms with Gasteiger partial charge in [-0.25, -0.2) is 13.4 Å². The zero-order chi connectivity index (χ0) is 14.2. The van der Waals surface area contributed by atoms with Crippen molar-refractivity contribution in [3.63, 3.8) is 0 Å². The largest absolute Gasteiger partial charge is 0.373 e. The predicted octanol–water partition coefficient (Wildman–Crippen LogP) is 0.592. The van der Waals surface area contributed by atoms with Crippen molar-refractivity contribution in [3.05, 3.63) is 18.3 Å². The van der Waals surface area contributed by atoms with E-state index in [0.29, 0.717) is 24.9 Å². The third kappa shape index (κ3) is 2.41. The lowest BCUT2D eigenvalue weighted by Gasteiger charge is -2.36. The van der Waals surface area contributed by atoms with Gasteiger partial charge in [0.05, 0.1) is 0 Å². The topological polar surface area (TPSA) is 65.5 Å². The fourth-order valence-electron chi connectivity index (χ4n) is 3.01. The zero-order valence-corrected chi connectivity index (χ0v) is 12.4. The first-order valence-corrected chi connectivity index (χ1v) is 8.43. The standard InChI is InChI=1S/C13H20N4O2S/c1-14-13-5-4-12(9-15-13)20(18,19)17-8-7-16-6-2-3-11(16)10-17/h4-5,9,11H,2-3,6-8,10H2,1H3,(H,14,15). The molecule has 3 rings (SSSR count). The van der Waals surface area contributed by atoms with E-state index < -0.39 is 10.0 Å². The van der Waals surface area contributed by atoms with Crippen molar-refractivity contribution in [1.29, 1.82) is 0 Å². The zero-order valence-electron chi connectivity index (χ0n) is 11.6. The fourth-order valence-corrected chi connectivity index (χ4v) is 4.43. The van der Waals surface area contributed by atoms with E-state index >= 15 is 0 Å². The van der Waals surface area contributed by atoms with Crippen molar-refractivity contribution < 1.29 is 8.42 Å². The Morgan fingerprint density at radius 3 is 2.85 bits per heavy atom. The maximum atomic E-state index is 12.6. The van der Waals surface area contributed by atoms with Crippen molar-refractivity contribution in [3.8, 4) is 0 Å². The number of nitrogens with zero attached hydrogens (tertiary/aromatic N) is 3. The lowest BCUT2D eigenvalue weighted by atomic mass is 10.2. The molecule has 20 heavy (non-hydrogen) atoms. The van der Waals surface area contributed by atoms with Gasteiger partial charge >= 0.3 is 0 Å². The molecule has 2 saturated heterocycles. The second kappa shape index (κ2) is 5.31. The number of sulfonamides is 1. The van der Waals surface area contributed by atoms with E-state index in [-0.39, 0.29) is 4.90 Å². The molecule has 0 amide bonds. The van der Waals surface area contributed by atoms with Crippen LogP contribution >= 0.6 is 0 Å². The monoisotopic (exact) mass is 296 g/mol. The molecule has 1 unspecified atom stereocenters. The van der Waals surface area contributed by atoms with E-state index in [9.17, 15) is 8.42 Å². The number of piperazine rings is 1. The summed E-state index contributed by atoms with van der Waals surface area (Å²) in [5, 5.41) is 2.89. The molecule has 3 heterocycles. The van der Waals surface area contributed by atoms with Gasteiger partial charge in [0.25, 0.3) is 0 Å². The molecule has 0 aromatic carbocycles. The second-order valence-corrected chi connectivity index (χ2v) is 7.26. The maximum Gasteiger partial charge on any atom is 0.244 e. The Morgan fingerprint density at radius 2 is 2.15 bits per heavy atom. The Balaban J connectivity index is 1.80. The van der Waals surface area contributed by atoms with Crippen LogP contribution in [0.1, 0.15) is 12.8 Å². The van der Waals surface area contributed by atoms with Crippen molar-refractivity contribution in [2.45, 2.75) is 23.8 Å². The summed E-state index contributed by atoms with van der Waals surface area (Å²) in [6.07, 6.45) is 3.71. The normalized spacial score (nSPS) is 24.6. The van der Waals surface area contributed by atoms with Gasteiger partial charge in [-0.15, -0.1) is 0 Å². The minimum absolute atomic E-state index is 0.281. The molecule has 0 radical (unpaired) electrons. The van der Waals surface area contributed by atoms with Gasteiger partial charge in [-0.1, -0.05) is 0 Å². The third-order valence-corrected chi connectivity index (χ3v) is 6.03. The van der Waals surface area contributed by atoms with Crippen LogP contribution in [0.4, 0.5) is 5.82 Å². The SMILES string of the molecule is CNc1ccc(S(=O)(=O)N2CCN3CCCC3C2)cn1. The number of pyridine rings is 1. The van der Waals surface area contributed by atoms with Gasteiger partial charge in [-0.05, 0) is 31.5 Å². The first-order chi connectivity index (χ1) is 9.61. The first kappa shape index (κ1) is 13.8. The molecule has 1 atom stereocenters. The van der Waals surface area contributed by atoms with E-state index in [4.69, 9.17) is 0 Å². The number of nitrogens with one attached hydrogen (secondary N) is 1. The maximum absolute atomic E-state index is 12.6. The molecule has 0 saturated carbocycles. The number of fused-ring (bicyclic) bond motifs is 1. The molecule has 0 spiro atoms. The average molecular weight is 296 g/mol. The molecule has 1 aromatic heterocycles. The lowest BCUT2D eigenvalue weighted by molar-refractivity contribution is 0.158. The first-order valence-electron chi connectivity index (χ1n) is 6.99. The molecule has 1 aromatic rings. The van der Waals surface area contributed by atoms with Crippen molar-refractivity contribution in [2.24, 2.45) is 0 Å². The molecule has 2 aliphatic heterocycles. The highest BCUT2D eigenvalue weighted by Crippen LogP contribution is 2.25. The quantitative estimate of drug-likeness (QED) is 0.884. The Morgan fingerprint density at radius 1 is 1.30 bits per heavy atom. The number of hydrogen-bond acceptors (Lipinski definition) is 5. The molecule has 1 N–H and O–H groups in total. The van der Waals surface area contributed by atoms with Gasteiger partial charge in [0.1, 0.15) is 10.7 Å². The van der Waals surface area contributed by atoms with Gasteiger partial charge < -0.3 is 5.32 Å². The van der Waals surface area contributed by atoms with Gasteiger partial charge in [0.2, 0.25) is 10.0 Å². The molecule has 2 fully saturated rings. The van der Waals surface area contributed by atoms with Crippen LogP contribution < -0.4 is 5.32 Å². The van der Waals surface area contributed by atoms with Crippen molar-refractivity contribution in [1.82, 2.24) is 14.2 Å². The summed E-state index contributed by atoms with van der Waals surface area (Å²) in [5.74, 6) is 0.671. The number of rotatable bonds is 3. The summed E-state index contributed by atoms with van der Waals surface area (Å²) >= 11 is 0. The highest BCUT2D eigenvalue weighted by Gasteiger charge is 2.36. The fraction of sp³-hybridized carbons (Fsp3) is 0.615. The molecule has 7 heteroatoms. The average Bonchev–Trinajstić information content (AvgIpc) is 2.94. The number of aromatic nitrogens is 1. The Labute approximate surface area is 119 Å². The van der Waals surface area contributed by atoms with E-state index in [0.717, 1.165) is 19.5 Å². The van der Waals surface area contributed by atoms with Crippen LogP contribution in [0.25, 0.3) is 0 Å². The summed E-state index contributed by atoms with van der Waals surface area (Å²) in [6.45, 7) is 3.13. The lowest BCUT2D eigenvalue weighted by Crippen LogP contribution is -2.51. The van der Waals surface area contributed by atoms with Crippen LogP contribution in [0.5, 0.6) is 0 Å². The van der Waals surface area contributed by atoms with Crippen molar-refractivity contribution in [2.75, 3.05) is 38.5 Å².